The quantitative estimate of drug-likeness (QED) is 0.672. The predicted molar refractivity (Wildman–Crippen MR) is 110 cm³/mol. The summed E-state index contributed by atoms with van der Waals surface area (Å²) < 4.78 is 0. The van der Waals surface area contributed by atoms with Gasteiger partial charge in [0.15, 0.2) is 0 Å². The van der Waals surface area contributed by atoms with Gasteiger partial charge < -0.3 is 5.32 Å². The summed E-state index contributed by atoms with van der Waals surface area (Å²) >= 11 is 6.23. The first kappa shape index (κ1) is 17.3. The molecule has 0 aliphatic heterocycles. The molecule has 6 rings (SSSR count). The van der Waals surface area contributed by atoms with Crippen molar-refractivity contribution in [3.63, 3.8) is 0 Å². The smallest absolute Gasteiger partial charge is 0.224 e. The lowest BCUT2D eigenvalue weighted by Gasteiger charge is -2.62. The monoisotopic (exact) mass is 379 g/mol. The third-order valence-electron chi connectivity index (χ3n) is 7.25. The van der Waals surface area contributed by atoms with E-state index >= 15 is 0 Å². The number of carbonyl (C=O) groups excluding carboxylic acids is 1. The first-order valence-corrected chi connectivity index (χ1v) is 10.5. The minimum absolute atomic E-state index is 0.119. The Kier molecular flexibility index (Phi) is 4.09. The van der Waals surface area contributed by atoms with Gasteiger partial charge in [-0.1, -0.05) is 54.1 Å². The van der Waals surface area contributed by atoms with Crippen LogP contribution in [0.3, 0.4) is 0 Å². The SMILES string of the molecule is O=C(CC12C[C@H]3C[C@@H](C1)CC(c1ccccc1)(C3)C2)Nc1ccccc1Cl. The maximum Gasteiger partial charge on any atom is 0.224 e. The fourth-order valence-electron chi connectivity index (χ4n) is 6.89. The molecule has 2 nitrogen and oxygen atoms in total. The highest BCUT2D eigenvalue weighted by Gasteiger charge is 2.58. The van der Waals surface area contributed by atoms with E-state index in [0.29, 0.717) is 11.4 Å². The number of para-hydroxylation sites is 1. The lowest BCUT2D eigenvalue weighted by Crippen LogP contribution is -2.54. The summed E-state index contributed by atoms with van der Waals surface area (Å²) in [5, 5.41) is 3.68. The van der Waals surface area contributed by atoms with Crippen molar-refractivity contribution in [3.8, 4) is 0 Å². The maximum atomic E-state index is 12.9. The first-order chi connectivity index (χ1) is 13.1. The van der Waals surface area contributed by atoms with Crippen molar-refractivity contribution in [1.82, 2.24) is 0 Å². The van der Waals surface area contributed by atoms with E-state index in [2.05, 4.69) is 35.6 Å². The van der Waals surface area contributed by atoms with Gasteiger partial charge in [0.2, 0.25) is 5.91 Å². The Morgan fingerprint density at radius 2 is 1.63 bits per heavy atom. The second kappa shape index (κ2) is 6.38. The number of benzene rings is 2. The molecule has 2 aromatic rings. The van der Waals surface area contributed by atoms with Crippen molar-refractivity contribution in [2.24, 2.45) is 17.3 Å². The molecule has 2 unspecified atom stereocenters. The van der Waals surface area contributed by atoms with E-state index in [1.807, 2.05) is 24.3 Å². The highest BCUT2D eigenvalue weighted by Crippen LogP contribution is 2.66. The maximum absolute atomic E-state index is 12.9. The van der Waals surface area contributed by atoms with Crippen molar-refractivity contribution < 1.29 is 4.79 Å². The van der Waals surface area contributed by atoms with Crippen LogP contribution in [0.1, 0.15) is 50.5 Å². The van der Waals surface area contributed by atoms with Gasteiger partial charge in [0, 0.05) is 6.42 Å². The molecule has 4 saturated carbocycles. The standard InChI is InChI=1S/C24H26ClNO/c25-20-8-4-5-9-21(20)26-22(27)15-23-11-17-10-18(12-23)14-24(13-17,16-23)19-6-2-1-3-7-19/h1-9,17-18H,10-16H2,(H,26,27)/t17-,18+,23?,24?. The van der Waals surface area contributed by atoms with Gasteiger partial charge in [-0.25, -0.2) is 0 Å². The number of nitrogens with one attached hydrogen (secondary N) is 1. The van der Waals surface area contributed by atoms with Crippen molar-refractivity contribution in [3.05, 3.63) is 65.2 Å². The van der Waals surface area contributed by atoms with Crippen LogP contribution in [0.2, 0.25) is 5.02 Å². The van der Waals surface area contributed by atoms with E-state index in [4.69, 9.17) is 11.6 Å². The van der Waals surface area contributed by atoms with Gasteiger partial charge in [0.05, 0.1) is 10.7 Å². The van der Waals surface area contributed by atoms with Crippen LogP contribution in [0.25, 0.3) is 0 Å². The lowest BCUT2D eigenvalue weighted by molar-refractivity contribution is -0.126. The summed E-state index contributed by atoms with van der Waals surface area (Å²) in [6.07, 6.45) is 8.19. The molecule has 0 saturated heterocycles. The lowest BCUT2D eigenvalue weighted by atomic mass is 9.42. The Labute approximate surface area is 166 Å². The van der Waals surface area contributed by atoms with Crippen LogP contribution >= 0.6 is 11.6 Å². The zero-order chi connectivity index (χ0) is 18.5. The number of anilines is 1. The molecule has 4 bridgehead atoms. The number of halogens is 1. The Hall–Kier alpha value is -1.80. The van der Waals surface area contributed by atoms with E-state index in [1.54, 1.807) is 0 Å². The van der Waals surface area contributed by atoms with Crippen LogP contribution in [0, 0.1) is 17.3 Å². The Morgan fingerprint density at radius 1 is 0.963 bits per heavy atom. The summed E-state index contributed by atoms with van der Waals surface area (Å²) in [6, 6.07) is 18.6. The third-order valence-corrected chi connectivity index (χ3v) is 7.58. The molecule has 2 aromatic carbocycles. The second-order valence-electron chi connectivity index (χ2n) is 9.31. The fourth-order valence-corrected chi connectivity index (χ4v) is 7.07. The molecule has 0 spiro atoms. The Bertz CT molecular complexity index is 848. The van der Waals surface area contributed by atoms with Crippen LogP contribution < -0.4 is 5.32 Å². The minimum Gasteiger partial charge on any atom is -0.325 e. The van der Waals surface area contributed by atoms with Crippen LogP contribution in [0.15, 0.2) is 54.6 Å². The summed E-state index contributed by atoms with van der Waals surface area (Å²) in [6.45, 7) is 0. The molecule has 0 radical (unpaired) electrons. The number of carbonyl (C=O) groups is 1. The van der Waals surface area contributed by atoms with Crippen LogP contribution in [-0.2, 0) is 10.2 Å². The van der Waals surface area contributed by atoms with Gasteiger partial charge in [-0.3, -0.25) is 4.79 Å². The zero-order valence-electron chi connectivity index (χ0n) is 15.6. The van der Waals surface area contributed by atoms with Gasteiger partial charge >= 0.3 is 0 Å². The topological polar surface area (TPSA) is 29.1 Å². The highest BCUT2D eigenvalue weighted by molar-refractivity contribution is 6.33. The van der Waals surface area contributed by atoms with Crippen LogP contribution in [0.5, 0.6) is 0 Å². The zero-order valence-corrected chi connectivity index (χ0v) is 16.3. The molecule has 4 fully saturated rings. The van der Waals surface area contributed by atoms with Gasteiger partial charge in [-0.15, -0.1) is 0 Å². The molecule has 0 aromatic heterocycles. The average Bonchev–Trinajstić information content (AvgIpc) is 2.63. The molecule has 0 heterocycles. The molecular formula is C24H26ClNO. The van der Waals surface area contributed by atoms with E-state index in [0.717, 1.165) is 23.9 Å². The second-order valence-corrected chi connectivity index (χ2v) is 9.72. The summed E-state index contributed by atoms with van der Waals surface area (Å²) in [7, 11) is 0. The third kappa shape index (κ3) is 3.08. The number of hydrogen-bond acceptors (Lipinski definition) is 1. The summed E-state index contributed by atoms with van der Waals surface area (Å²) in [5.41, 5.74) is 2.67. The molecule has 140 valence electrons. The fraction of sp³-hybridized carbons (Fsp3) is 0.458. The van der Waals surface area contributed by atoms with Crippen LogP contribution in [-0.4, -0.2) is 5.91 Å². The normalized spacial score (nSPS) is 33.8. The molecule has 27 heavy (non-hydrogen) atoms. The first-order valence-electron chi connectivity index (χ1n) is 10.2. The van der Waals surface area contributed by atoms with Crippen molar-refractivity contribution >= 4 is 23.2 Å². The van der Waals surface area contributed by atoms with E-state index < -0.39 is 0 Å². The number of hydrogen-bond donors (Lipinski definition) is 1. The summed E-state index contributed by atoms with van der Waals surface area (Å²) in [4.78, 5) is 12.9. The van der Waals surface area contributed by atoms with E-state index in [1.165, 1.54) is 37.7 Å². The number of rotatable bonds is 4. The van der Waals surface area contributed by atoms with E-state index in [9.17, 15) is 4.79 Å². The average molecular weight is 380 g/mol. The van der Waals surface area contributed by atoms with Crippen LogP contribution in [0.4, 0.5) is 5.69 Å². The molecule has 4 aliphatic carbocycles. The molecule has 4 aliphatic rings. The van der Waals surface area contributed by atoms with Gasteiger partial charge in [0.25, 0.3) is 0 Å². The highest BCUT2D eigenvalue weighted by atomic mass is 35.5. The molecule has 3 heteroatoms. The van der Waals surface area contributed by atoms with Crippen molar-refractivity contribution in [1.29, 1.82) is 0 Å². The van der Waals surface area contributed by atoms with E-state index in [-0.39, 0.29) is 16.7 Å². The van der Waals surface area contributed by atoms with Gasteiger partial charge in [-0.05, 0) is 78.9 Å². The summed E-state index contributed by atoms with van der Waals surface area (Å²) in [5.74, 6) is 1.67. The Balaban J connectivity index is 1.39. The molecular weight excluding hydrogens is 354 g/mol. The van der Waals surface area contributed by atoms with Crippen molar-refractivity contribution in [2.45, 2.75) is 50.4 Å². The minimum atomic E-state index is 0.119. The largest absolute Gasteiger partial charge is 0.325 e. The van der Waals surface area contributed by atoms with Crippen molar-refractivity contribution in [2.75, 3.05) is 5.32 Å². The van der Waals surface area contributed by atoms with Gasteiger partial charge in [0.1, 0.15) is 0 Å². The molecule has 1 amide bonds. The Morgan fingerprint density at radius 3 is 2.33 bits per heavy atom. The molecule has 4 atom stereocenters. The predicted octanol–water partition coefficient (Wildman–Crippen LogP) is 6.21. The number of amides is 1. The van der Waals surface area contributed by atoms with Gasteiger partial charge in [-0.2, -0.15) is 0 Å². The molecule has 1 N–H and O–H groups in total.